The predicted octanol–water partition coefficient (Wildman–Crippen LogP) is 5.97. The molecule has 1 aromatic carbocycles. The Hall–Kier alpha value is -2.88. The van der Waals surface area contributed by atoms with Crippen molar-refractivity contribution in [1.29, 1.82) is 0 Å². The van der Waals surface area contributed by atoms with Crippen LogP contribution < -0.4 is 15.4 Å². The molecule has 2 heterocycles. The molecule has 34 heavy (non-hydrogen) atoms. The summed E-state index contributed by atoms with van der Waals surface area (Å²) in [5, 5.41) is 6.92. The minimum atomic E-state index is -4.48. The molecule has 0 unspecified atom stereocenters. The number of nitrogens with zero attached hydrogens (tertiary/aromatic N) is 2. The second-order valence-corrected chi connectivity index (χ2v) is 10.2. The van der Waals surface area contributed by atoms with Crippen LogP contribution in [0.4, 0.5) is 24.7 Å². The SMILES string of the molecule is CC(C)SNc1ccc(C(=O)NC2CCC(Nc3cccc4nc(C(F)(F)F)cn34)CC2)cc1. The fourth-order valence-corrected chi connectivity index (χ4v) is 4.51. The molecular formula is C24H28F3N5OS. The van der Waals surface area contributed by atoms with Gasteiger partial charge in [-0.05, 0) is 74.0 Å². The molecule has 0 saturated heterocycles. The summed E-state index contributed by atoms with van der Waals surface area (Å²) in [6.07, 6.45) is -0.270. The maximum atomic E-state index is 13.0. The van der Waals surface area contributed by atoms with E-state index in [-0.39, 0.29) is 23.6 Å². The Labute approximate surface area is 200 Å². The largest absolute Gasteiger partial charge is 0.434 e. The Morgan fingerprint density at radius 2 is 1.74 bits per heavy atom. The van der Waals surface area contributed by atoms with Gasteiger partial charge in [0.1, 0.15) is 11.5 Å². The first kappa shape index (κ1) is 24.3. The lowest BCUT2D eigenvalue weighted by Gasteiger charge is -2.30. The number of benzene rings is 1. The number of aromatic nitrogens is 2. The lowest BCUT2D eigenvalue weighted by molar-refractivity contribution is -0.140. The van der Waals surface area contributed by atoms with E-state index in [0.717, 1.165) is 37.6 Å². The minimum absolute atomic E-state index is 0.0701. The Kier molecular flexibility index (Phi) is 7.25. The van der Waals surface area contributed by atoms with Crippen molar-refractivity contribution in [3.63, 3.8) is 0 Å². The topological polar surface area (TPSA) is 70.5 Å². The molecule has 182 valence electrons. The summed E-state index contributed by atoms with van der Waals surface area (Å²) < 4.78 is 43.8. The highest BCUT2D eigenvalue weighted by molar-refractivity contribution is 8.01. The average molecular weight is 492 g/mol. The van der Waals surface area contributed by atoms with Crippen LogP contribution in [0.2, 0.25) is 0 Å². The van der Waals surface area contributed by atoms with Gasteiger partial charge in [-0.2, -0.15) is 13.2 Å². The van der Waals surface area contributed by atoms with Gasteiger partial charge in [-0.1, -0.05) is 19.9 Å². The van der Waals surface area contributed by atoms with Crippen molar-refractivity contribution in [3.8, 4) is 0 Å². The van der Waals surface area contributed by atoms with Crippen LogP contribution in [0.15, 0.2) is 48.7 Å². The number of alkyl halides is 3. The van der Waals surface area contributed by atoms with Crippen LogP contribution in [0, 0.1) is 0 Å². The first-order chi connectivity index (χ1) is 16.2. The number of rotatable bonds is 7. The van der Waals surface area contributed by atoms with E-state index in [1.54, 1.807) is 30.1 Å². The van der Waals surface area contributed by atoms with Gasteiger partial charge in [-0.3, -0.25) is 9.20 Å². The molecule has 0 bridgehead atoms. The van der Waals surface area contributed by atoms with Crippen molar-refractivity contribution in [2.75, 3.05) is 10.0 Å². The van der Waals surface area contributed by atoms with E-state index >= 15 is 0 Å². The zero-order valence-electron chi connectivity index (χ0n) is 19.0. The van der Waals surface area contributed by atoms with Crippen molar-refractivity contribution in [2.24, 2.45) is 0 Å². The first-order valence-corrected chi connectivity index (χ1v) is 12.2. The van der Waals surface area contributed by atoms with Gasteiger partial charge in [0.2, 0.25) is 0 Å². The molecule has 1 amide bonds. The van der Waals surface area contributed by atoms with Gasteiger partial charge in [-0.25, -0.2) is 4.98 Å². The lowest BCUT2D eigenvalue weighted by Crippen LogP contribution is -2.40. The number of hydrogen-bond donors (Lipinski definition) is 3. The molecule has 4 rings (SSSR count). The molecule has 0 spiro atoms. The average Bonchev–Trinajstić information content (AvgIpc) is 3.25. The van der Waals surface area contributed by atoms with Crippen molar-refractivity contribution in [1.82, 2.24) is 14.7 Å². The summed E-state index contributed by atoms with van der Waals surface area (Å²) in [5.74, 6) is 0.486. The van der Waals surface area contributed by atoms with E-state index < -0.39 is 11.9 Å². The molecule has 1 fully saturated rings. The molecule has 3 N–H and O–H groups in total. The Morgan fingerprint density at radius 3 is 2.38 bits per heavy atom. The predicted molar refractivity (Wildman–Crippen MR) is 130 cm³/mol. The fraction of sp³-hybridized carbons (Fsp3) is 0.417. The molecule has 6 nitrogen and oxygen atoms in total. The number of fused-ring (bicyclic) bond motifs is 1. The Bertz CT molecular complexity index is 1120. The summed E-state index contributed by atoms with van der Waals surface area (Å²) in [5.41, 5.74) is 0.919. The van der Waals surface area contributed by atoms with Gasteiger partial charge < -0.3 is 15.4 Å². The molecule has 1 aliphatic rings. The molecule has 1 saturated carbocycles. The Balaban J connectivity index is 1.30. The third-order valence-electron chi connectivity index (χ3n) is 5.76. The molecule has 3 aromatic rings. The third-order valence-corrected chi connectivity index (χ3v) is 6.58. The standard InChI is InChI=1S/C24H28F3N5OS/c1-15(2)34-31-19-8-6-16(7-9-19)23(33)29-18-12-10-17(11-13-18)28-21-4-3-5-22-30-20(14-32(21)22)24(25,26)27/h3-9,14-15,17-18,28,31H,10-13H2,1-2H3,(H,29,33). The number of nitrogens with one attached hydrogen (secondary N) is 3. The molecule has 2 aromatic heterocycles. The van der Waals surface area contributed by atoms with Gasteiger partial charge in [0.15, 0.2) is 5.69 Å². The maximum absolute atomic E-state index is 13.0. The van der Waals surface area contributed by atoms with Crippen LogP contribution in [0.1, 0.15) is 55.6 Å². The summed E-state index contributed by atoms with van der Waals surface area (Å²) in [7, 11) is 0. The van der Waals surface area contributed by atoms with E-state index in [9.17, 15) is 18.0 Å². The number of carbonyl (C=O) groups excluding carboxylic acids is 1. The van der Waals surface area contributed by atoms with E-state index in [4.69, 9.17) is 0 Å². The first-order valence-electron chi connectivity index (χ1n) is 11.3. The van der Waals surface area contributed by atoms with Crippen LogP contribution in [-0.2, 0) is 6.18 Å². The summed E-state index contributed by atoms with van der Waals surface area (Å²) in [6.45, 7) is 4.21. The second kappa shape index (κ2) is 10.2. The van der Waals surface area contributed by atoms with Crippen molar-refractivity contribution < 1.29 is 18.0 Å². The monoisotopic (exact) mass is 491 g/mol. The van der Waals surface area contributed by atoms with E-state index in [1.807, 2.05) is 24.3 Å². The van der Waals surface area contributed by atoms with Crippen LogP contribution in [0.3, 0.4) is 0 Å². The van der Waals surface area contributed by atoms with Gasteiger partial charge >= 0.3 is 6.18 Å². The zero-order chi connectivity index (χ0) is 24.3. The fourth-order valence-electron chi connectivity index (χ4n) is 4.00. The van der Waals surface area contributed by atoms with Crippen LogP contribution in [-0.4, -0.2) is 32.6 Å². The van der Waals surface area contributed by atoms with E-state index in [1.165, 1.54) is 4.40 Å². The molecular weight excluding hydrogens is 463 g/mol. The maximum Gasteiger partial charge on any atom is 0.434 e. The number of anilines is 2. The van der Waals surface area contributed by atoms with Crippen molar-refractivity contribution >= 4 is 35.0 Å². The number of halogens is 3. The molecule has 0 atom stereocenters. The smallest absolute Gasteiger partial charge is 0.368 e. The normalized spacial score (nSPS) is 18.8. The number of amides is 1. The molecule has 0 radical (unpaired) electrons. The Morgan fingerprint density at radius 1 is 1.06 bits per heavy atom. The second-order valence-electron chi connectivity index (χ2n) is 8.78. The van der Waals surface area contributed by atoms with E-state index in [0.29, 0.717) is 16.6 Å². The minimum Gasteiger partial charge on any atom is -0.368 e. The molecule has 10 heteroatoms. The van der Waals surface area contributed by atoms with Crippen LogP contribution in [0.25, 0.3) is 5.65 Å². The van der Waals surface area contributed by atoms with Gasteiger partial charge in [0.05, 0.1) is 0 Å². The summed E-state index contributed by atoms with van der Waals surface area (Å²) in [6, 6.07) is 12.6. The van der Waals surface area contributed by atoms with Crippen molar-refractivity contribution in [2.45, 2.75) is 63.0 Å². The summed E-state index contributed by atoms with van der Waals surface area (Å²) in [4.78, 5) is 16.3. The van der Waals surface area contributed by atoms with Gasteiger partial charge in [0, 0.05) is 34.8 Å². The number of pyridine rings is 1. The van der Waals surface area contributed by atoms with E-state index in [2.05, 4.69) is 34.2 Å². The number of imidazole rings is 1. The van der Waals surface area contributed by atoms with Gasteiger partial charge in [0.25, 0.3) is 5.91 Å². The zero-order valence-corrected chi connectivity index (χ0v) is 19.8. The summed E-state index contributed by atoms with van der Waals surface area (Å²) >= 11 is 1.62. The highest BCUT2D eigenvalue weighted by atomic mass is 32.2. The highest BCUT2D eigenvalue weighted by Crippen LogP contribution is 2.30. The van der Waals surface area contributed by atoms with Crippen LogP contribution in [0.5, 0.6) is 0 Å². The third kappa shape index (κ3) is 5.97. The number of carbonyl (C=O) groups is 1. The van der Waals surface area contributed by atoms with Crippen LogP contribution >= 0.6 is 11.9 Å². The lowest BCUT2D eigenvalue weighted by atomic mass is 9.91. The highest BCUT2D eigenvalue weighted by Gasteiger charge is 2.34. The van der Waals surface area contributed by atoms with Crippen molar-refractivity contribution in [3.05, 3.63) is 59.9 Å². The number of hydrogen-bond acceptors (Lipinski definition) is 5. The molecule has 0 aliphatic heterocycles. The molecule has 1 aliphatic carbocycles. The van der Waals surface area contributed by atoms with Gasteiger partial charge in [-0.15, -0.1) is 0 Å². The quantitative estimate of drug-likeness (QED) is 0.355.